The smallest absolute Gasteiger partial charge is 0.319 e. The summed E-state index contributed by atoms with van der Waals surface area (Å²) in [5.74, 6) is -1.55. The Kier molecular flexibility index (Phi) is 8.93. The SMILES string of the molecule is Cc1cc(NC(=O)NCCCC[C@@H](Cc2cc(C)c(F)c(C)c2)C(=O)NO)ccc1F. The first-order chi connectivity index (χ1) is 14.7. The molecule has 0 bridgehead atoms. The number of benzene rings is 2. The number of unbranched alkanes of at least 4 members (excludes halogenated alkanes) is 1. The molecule has 6 nitrogen and oxygen atoms in total. The summed E-state index contributed by atoms with van der Waals surface area (Å²) in [6, 6.07) is 7.35. The predicted molar refractivity (Wildman–Crippen MR) is 115 cm³/mol. The van der Waals surface area contributed by atoms with Crippen molar-refractivity contribution in [3.05, 3.63) is 64.2 Å². The molecular formula is C23H29F2N3O3. The van der Waals surface area contributed by atoms with Crippen molar-refractivity contribution in [3.8, 4) is 0 Å². The van der Waals surface area contributed by atoms with Crippen LogP contribution in [0.15, 0.2) is 30.3 Å². The lowest BCUT2D eigenvalue weighted by atomic mass is 9.92. The first-order valence-electron chi connectivity index (χ1n) is 10.2. The summed E-state index contributed by atoms with van der Waals surface area (Å²) < 4.78 is 27.1. The predicted octanol–water partition coefficient (Wildman–Crippen LogP) is 4.55. The van der Waals surface area contributed by atoms with Crippen LogP contribution in [0.4, 0.5) is 19.3 Å². The number of carbonyl (C=O) groups excluding carboxylic acids is 2. The molecule has 0 aliphatic rings. The Morgan fingerprint density at radius 1 is 1.00 bits per heavy atom. The Morgan fingerprint density at radius 2 is 1.68 bits per heavy atom. The average Bonchev–Trinajstić information content (AvgIpc) is 2.72. The molecule has 3 amide bonds. The average molecular weight is 433 g/mol. The fourth-order valence-electron chi connectivity index (χ4n) is 3.47. The number of urea groups is 1. The molecule has 168 valence electrons. The van der Waals surface area contributed by atoms with E-state index >= 15 is 0 Å². The lowest BCUT2D eigenvalue weighted by molar-refractivity contribution is -0.133. The van der Waals surface area contributed by atoms with Crippen LogP contribution in [0.5, 0.6) is 0 Å². The number of hydroxylamine groups is 1. The van der Waals surface area contributed by atoms with Crippen LogP contribution in [0.1, 0.15) is 41.5 Å². The fraction of sp³-hybridized carbons (Fsp3) is 0.391. The summed E-state index contributed by atoms with van der Waals surface area (Å²) in [6.45, 7) is 5.37. The Bertz CT molecular complexity index is 911. The first kappa shape index (κ1) is 24.3. The number of aryl methyl sites for hydroxylation is 3. The van der Waals surface area contributed by atoms with Crippen LogP contribution >= 0.6 is 0 Å². The lowest BCUT2D eigenvalue weighted by Gasteiger charge is -2.16. The van der Waals surface area contributed by atoms with Crippen molar-refractivity contribution in [1.82, 2.24) is 10.8 Å². The molecular weight excluding hydrogens is 404 g/mol. The van der Waals surface area contributed by atoms with Crippen molar-refractivity contribution in [2.45, 2.75) is 46.5 Å². The maximum atomic E-state index is 13.8. The summed E-state index contributed by atoms with van der Waals surface area (Å²) in [5.41, 5.74) is 4.51. The molecule has 0 radical (unpaired) electrons. The molecule has 4 N–H and O–H groups in total. The van der Waals surface area contributed by atoms with Crippen LogP contribution in [0.3, 0.4) is 0 Å². The topological polar surface area (TPSA) is 90.5 Å². The van der Waals surface area contributed by atoms with Crippen molar-refractivity contribution < 1.29 is 23.6 Å². The van der Waals surface area contributed by atoms with Crippen molar-refractivity contribution in [3.63, 3.8) is 0 Å². The molecule has 0 saturated heterocycles. The van der Waals surface area contributed by atoms with Crippen molar-refractivity contribution >= 4 is 17.6 Å². The zero-order valence-electron chi connectivity index (χ0n) is 18.0. The number of carbonyl (C=O) groups is 2. The van der Waals surface area contributed by atoms with E-state index in [0.29, 0.717) is 54.6 Å². The molecule has 2 rings (SSSR count). The van der Waals surface area contributed by atoms with Gasteiger partial charge in [-0.05, 0) is 80.5 Å². The highest BCUT2D eigenvalue weighted by molar-refractivity contribution is 5.89. The molecule has 31 heavy (non-hydrogen) atoms. The lowest BCUT2D eigenvalue weighted by Crippen LogP contribution is -2.31. The number of nitrogens with one attached hydrogen (secondary N) is 3. The van der Waals surface area contributed by atoms with Gasteiger partial charge in [0.05, 0.1) is 0 Å². The van der Waals surface area contributed by atoms with Gasteiger partial charge in [0.15, 0.2) is 0 Å². The van der Waals surface area contributed by atoms with Gasteiger partial charge in [-0.1, -0.05) is 18.6 Å². The van der Waals surface area contributed by atoms with E-state index in [1.807, 2.05) is 0 Å². The van der Waals surface area contributed by atoms with Crippen molar-refractivity contribution in [2.24, 2.45) is 5.92 Å². The van der Waals surface area contributed by atoms with E-state index in [9.17, 15) is 18.4 Å². The van der Waals surface area contributed by atoms with Crippen molar-refractivity contribution in [2.75, 3.05) is 11.9 Å². The summed E-state index contributed by atoms with van der Waals surface area (Å²) in [4.78, 5) is 24.0. The molecule has 0 unspecified atom stereocenters. The van der Waals surface area contributed by atoms with Crippen LogP contribution in [0.25, 0.3) is 0 Å². The van der Waals surface area contributed by atoms with Crippen LogP contribution in [0, 0.1) is 38.3 Å². The van der Waals surface area contributed by atoms with Crippen LogP contribution in [-0.4, -0.2) is 23.7 Å². The minimum atomic E-state index is -0.489. The van der Waals surface area contributed by atoms with Crippen LogP contribution in [-0.2, 0) is 11.2 Å². The largest absolute Gasteiger partial charge is 0.338 e. The second kappa shape index (κ2) is 11.4. The van der Waals surface area contributed by atoms with Gasteiger partial charge in [-0.15, -0.1) is 0 Å². The number of rotatable bonds is 9. The van der Waals surface area contributed by atoms with Gasteiger partial charge in [0.25, 0.3) is 0 Å². The Labute approximate surface area is 181 Å². The zero-order valence-corrected chi connectivity index (χ0v) is 18.0. The molecule has 0 spiro atoms. The van der Waals surface area contributed by atoms with Gasteiger partial charge in [0.1, 0.15) is 11.6 Å². The summed E-state index contributed by atoms with van der Waals surface area (Å²) in [6.07, 6.45) is 2.16. The molecule has 2 aromatic carbocycles. The number of hydrogen-bond acceptors (Lipinski definition) is 3. The normalized spacial score (nSPS) is 11.7. The third-order valence-corrected chi connectivity index (χ3v) is 5.14. The Hall–Kier alpha value is -3.00. The van der Waals surface area contributed by atoms with Gasteiger partial charge >= 0.3 is 6.03 Å². The molecule has 0 fully saturated rings. The van der Waals surface area contributed by atoms with Gasteiger partial charge in [0, 0.05) is 18.2 Å². The highest BCUT2D eigenvalue weighted by Crippen LogP contribution is 2.20. The Morgan fingerprint density at radius 3 is 2.29 bits per heavy atom. The second-order valence-corrected chi connectivity index (χ2v) is 7.76. The van der Waals surface area contributed by atoms with Crippen LogP contribution in [0.2, 0.25) is 0 Å². The molecule has 0 heterocycles. The molecule has 2 aromatic rings. The van der Waals surface area contributed by atoms with E-state index in [1.54, 1.807) is 44.5 Å². The fourth-order valence-corrected chi connectivity index (χ4v) is 3.47. The summed E-state index contributed by atoms with van der Waals surface area (Å²) in [7, 11) is 0. The number of anilines is 1. The zero-order chi connectivity index (χ0) is 23.0. The van der Waals surface area contributed by atoms with Gasteiger partial charge in [-0.25, -0.2) is 19.1 Å². The molecule has 8 heteroatoms. The number of hydrogen-bond donors (Lipinski definition) is 4. The highest BCUT2D eigenvalue weighted by atomic mass is 19.1. The van der Waals surface area contributed by atoms with Gasteiger partial charge in [-0.3, -0.25) is 10.0 Å². The van der Waals surface area contributed by atoms with Gasteiger partial charge in [-0.2, -0.15) is 0 Å². The molecule has 0 aliphatic carbocycles. The molecule has 0 aliphatic heterocycles. The quantitative estimate of drug-likeness (QED) is 0.266. The third kappa shape index (κ3) is 7.32. The monoisotopic (exact) mass is 433 g/mol. The maximum absolute atomic E-state index is 13.8. The van der Waals surface area contributed by atoms with Gasteiger partial charge in [0.2, 0.25) is 5.91 Å². The summed E-state index contributed by atoms with van der Waals surface area (Å²) >= 11 is 0. The highest BCUT2D eigenvalue weighted by Gasteiger charge is 2.19. The van der Waals surface area contributed by atoms with E-state index in [1.165, 1.54) is 12.1 Å². The maximum Gasteiger partial charge on any atom is 0.319 e. The van der Waals surface area contributed by atoms with Crippen LogP contribution < -0.4 is 16.1 Å². The molecule has 0 saturated carbocycles. The number of halogens is 2. The van der Waals surface area contributed by atoms with Crippen molar-refractivity contribution in [1.29, 1.82) is 0 Å². The Balaban J connectivity index is 1.80. The minimum absolute atomic E-state index is 0.257. The number of amides is 3. The standard InChI is InChI=1S/C23H29F2N3O3/c1-14-12-19(7-8-20(14)24)27-23(30)26-9-5-4-6-18(22(29)28-31)13-17-10-15(2)21(25)16(3)11-17/h7-8,10-12,18,31H,4-6,9,13H2,1-3H3,(H,28,29)(H2,26,27,30)/t18-/m0/s1. The molecule has 0 aromatic heterocycles. The first-order valence-corrected chi connectivity index (χ1v) is 10.2. The van der Waals surface area contributed by atoms with E-state index in [-0.39, 0.29) is 11.6 Å². The third-order valence-electron chi connectivity index (χ3n) is 5.14. The van der Waals surface area contributed by atoms with Gasteiger partial charge < -0.3 is 10.6 Å². The van der Waals surface area contributed by atoms with E-state index in [0.717, 1.165) is 5.56 Å². The minimum Gasteiger partial charge on any atom is -0.338 e. The molecule has 1 atom stereocenters. The van der Waals surface area contributed by atoms with E-state index < -0.39 is 17.9 Å². The van der Waals surface area contributed by atoms with E-state index in [4.69, 9.17) is 5.21 Å². The summed E-state index contributed by atoms with van der Waals surface area (Å²) in [5, 5.41) is 14.4. The van der Waals surface area contributed by atoms with E-state index in [2.05, 4.69) is 10.6 Å². The second-order valence-electron chi connectivity index (χ2n) is 7.76.